The van der Waals surface area contributed by atoms with Gasteiger partial charge in [-0.05, 0) is 92.6 Å². The molecule has 1 saturated heterocycles. The molecule has 0 bridgehead atoms. The minimum absolute atomic E-state index is 0.0337. The highest BCUT2D eigenvalue weighted by molar-refractivity contribution is 9.11. The molecule has 7 nitrogen and oxygen atoms in total. The second-order valence-electron chi connectivity index (χ2n) is 12.8. The monoisotopic (exact) mass is 637 g/mol. The molecular weight excluding hydrogens is 601 g/mol. The van der Waals surface area contributed by atoms with Gasteiger partial charge in [-0.15, -0.1) is 11.3 Å². The summed E-state index contributed by atoms with van der Waals surface area (Å²) >= 11 is 5.13. The predicted octanol–water partition coefficient (Wildman–Crippen LogP) is 5.29. The fraction of sp³-hybridized carbons (Fsp3) is 0.667. The lowest BCUT2D eigenvalue weighted by Crippen LogP contribution is -2.70. The molecule has 0 aromatic carbocycles. The van der Waals surface area contributed by atoms with E-state index in [0.717, 1.165) is 15.8 Å². The van der Waals surface area contributed by atoms with Crippen LogP contribution in [0, 0.1) is 22.7 Å². The van der Waals surface area contributed by atoms with Crippen LogP contribution in [0.15, 0.2) is 44.9 Å². The van der Waals surface area contributed by atoms with Crippen molar-refractivity contribution in [2.24, 2.45) is 27.8 Å². The SMILES string of the molecule is CC1(C)O[C@@H]2C[C@H]3[C@@H]4CCC5=CC(=NOCCc6ccc(Br)s6)C=C[C@]5(C)[C@@]4(F)[C@@H](O)C[C@]3(C)[C@]2(C(=O)CO)O1. The van der Waals surface area contributed by atoms with Gasteiger partial charge in [-0.25, -0.2) is 4.39 Å². The van der Waals surface area contributed by atoms with Crippen LogP contribution in [0.3, 0.4) is 0 Å². The fourth-order valence-corrected chi connectivity index (χ4v) is 10.2. The highest BCUT2D eigenvalue weighted by atomic mass is 79.9. The number of alkyl halides is 1. The van der Waals surface area contributed by atoms with Crippen LogP contribution in [0.2, 0.25) is 0 Å². The molecule has 218 valence electrons. The first-order valence-corrected chi connectivity index (χ1v) is 15.7. The van der Waals surface area contributed by atoms with Gasteiger partial charge >= 0.3 is 0 Å². The van der Waals surface area contributed by atoms with E-state index >= 15 is 4.39 Å². The fourth-order valence-electron chi connectivity index (χ4n) is 8.75. The number of carbonyl (C=O) groups is 1. The molecule has 5 aliphatic rings. The molecular formula is C30H37BrFNO6S. The number of aliphatic hydroxyl groups excluding tert-OH is 2. The van der Waals surface area contributed by atoms with Crippen LogP contribution in [0.25, 0.3) is 0 Å². The van der Waals surface area contributed by atoms with Gasteiger partial charge in [-0.1, -0.05) is 23.7 Å². The van der Waals surface area contributed by atoms with Gasteiger partial charge in [0.25, 0.3) is 0 Å². The van der Waals surface area contributed by atoms with E-state index in [1.165, 1.54) is 4.88 Å². The van der Waals surface area contributed by atoms with Crippen LogP contribution in [0.1, 0.15) is 58.3 Å². The molecule has 2 heterocycles. The van der Waals surface area contributed by atoms with Crippen molar-refractivity contribution in [3.8, 4) is 0 Å². The molecule has 0 spiro atoms. The summed E-state index contributed by atoms with van der Waals surface area (Å²) in [6, 6.07) is 4.06. The number of ether oxygens (including phenoxy) is 2. The topological polar surface area (TPSA) is 97.6 Å². The number of Topliss-reactive ketones (excluding diaryl/α,β-unsaturated/α-hetero) is 1. The summed E-state index contributed by atoms with van der Waals surface area (Å²) in [4.78, 5) is 20.1. The number of rotatable bonds is 6. The van der Waals surface area contributed by atoms with Crippen molar-refractivity contribution >= 4 is 38.8 Å². The summed E-state index contributed by atoms with van der Waals surface area (Å²) in [5.74, 6) is -2.26. The number of hydrogen-bond donors (Lipinski definition) is 2. The molecule has 4 aliphatic carbocycles. The number of carbonyl (C=O) groups excluding carboxylic acids is 1. The Balaban J connectivity index is 1.27. The first-order chi connectivity index (χ1) is 18.8. The lowest BCUT2D eigenvalue weighted by molar-refractivity contribution is -0.246. The summed E-state index contributed by atoms with van der Waals surface area (Å²) in [7, 11) is 0. The Morgan fingerprint density at radius 2 is 2.05 bits per heavy atom. The van der Waals surface area contributed by atoms with Gasteiger partial charge in [0.15, 0.2) is 22.8 Å². The van der Waals surface area contributed by atoms with E-state index < -0.39 is 58.4 Å². The van der Waals surface area contributed by atoms with Gasteiger partial charge in [0.05, 0.1) is 16.0 Å². The van der Waals surface area contributed by atoms with Gasteiger partial charge in [0.2, 0.25) is 0 Å². The van der Waals surface area contributed by atoms with Crippen molar-refractivity contribution in [2.45, 2.75) is 89.1 Å². The van der Waals surface area contributed by atoms with E-state index in [9.17, 15) is 15.0 Å². The maximum absolute atomic E-state index is 17.7. The lowest BCUT2D eigenvalue weighted by atomic mass is 9.44. The minimum Gasteiger partial charge on any atom is -0.395 e. The van der Waals surface area contributed by atoms with Crippen molar-refractivity contribution in [3.63, 3.8) is 0 Å². The number of aliphatic hydroxyl groups is 2. The Hall–Kier alpha value is -1.43. The van der Waals surface area contributed by atoms with Crippen molar-refractivity contribution in [3.05, 3.63) is 44.6 Å². The summed E-state index contributed by atoms with van der Waals surface area (Å²) in [6.45, 7) is 7.03. The molecule has 0 amide bonds. The zero-order chi connectivity index (χ0) is 28.7. The van der Waals surface area contributed by atoms with E-state index in [2.05, 4.69) is 27.2 Å². The number of fused-ring (bicyclic) bond motifs is 7. The first-order valence-electron chi connectivity index (χ1n) is 14.0. The largest absolute Gasteiger partial charge is 0.395 e. The van der Waals surface area contributed by atoms with Crippen molar-refractivity contribution in [1.82, 2.24) is 0 Å². The summed E-state index contributed by atoms with van der Waals surface area (Å²) in [6.07, 6.45) is 5.94. The molecule has 1 aromatic rings. The number of nitrogens with zero attached hydrogens (tertiary/aromatic N) is 1. The average molecular weight is 639 g/mol. The maximum atomic E-state index is 17.7. The number of oxime groups is 1. The van der Waals surface area contributed by atoms with Crippen molar-refractivity contribution in [1.29, 1.82) is 0 Å². The zero-order valence-electron chi connectivity index (χ0n) is 23.3. The second kappa shape index (κ2) is 9.54. The Labute approximate surface area is 246 Å². The van der Waals surface area contributed by atoms with E-state index in [4.69, 9.17) is 14.3 Å². The molecule has 8 atom stereocenters. The normalized spacial score (nSPS) is 44.0. The van der Waals surface area contributed by atoms with Crippen LogP contribution < -0.4 is 0 Å². The van der Waals surface area contributed by atoms with Crippen molar-refractivity contribution in [2.75, 3.05) is 13.2 Å². The van der Waals surface area contributed by atoms with E-state index in [0.29, 0.717) is 31.6 Å². The Morgan fingerprint density at radius 3 is 2.75 bits per heavy atom. The molecule has 6 rings (SSSR count). The predicted molar refractivity (Wildman–Crippen MR) is 153 cm³/mol. The lowest BCUT2D eigenvalue weighted by Gasteiger charge is -2.62. The van der Waals surface area contributed by atoms with Gasteiger partial charge in [0.1, 0.15) is 18.9 Å². The number of hydrogen-bond acceptors (Lipinski definition) is 8. The maximum Gasteiger partial charge on any atom is 0.193 e. The second-order valence-corrected chi connectivity index (χ2v) is 15.4. The highest BCUT2D eigenvalue weighted by Gasteiger charge is 2.79. The molecule has 0 radical (unpaired) electrons. The average Bonchev–Trinajstić information content (AvgIpc) is 3.51. The standard InChI is InChI=1S/C30H37BrFNO6S/c1-26(2)38-24-14-21-20-7-5-17-13-18(33-37-12-10-19-6-8-25(31)40-19)9-11-27(17,3)29(20,32)22(35)15-28(21,4)30(24,39-26)23(36)16-34/h6,8-9,11,13,20-22,24,34-35H,5,7,10,12,14-16H2,1-4H3/t20-,21-,22-,24+,27-,28-,29-,30+/m0/s1. The third kappa shape index (κ3) is 3.85. The Bertz CT molecular complexity index is 1310. The quantitative estimate of drug-likeness (QED) is 0.325. The van der Waals surface area contributed by atoms with Gasteiger partial charge < -0.3 is 24.5 Å². The summed E-state index contributed by atoms with van der Waals surface area (Å²) in [5.41, 5.74) is -3.79. The number of thiophene rings is 1. The van der Waals surface area contributed by atoms with Gasteiger partial charge in [-0.2, -0.15) is 0 Å². The zero-order valence-corrected chi connectivity index (χ0v) is 25.7. The molecule has 0 unspecified atom stereocenters. The molecule has 40 heavy (non-hydrogen) atoms. The highest BCUT2D eigenvalue weighted by Crippen LogP contribution is 2.72. The van der Waals surface area contributed by atoms with E-state index in [1.807, 2.05) is 32.1 Å². The molecule has 3 saturated carbocycles. The molecule has 10 heteroatoms. The van der Waals surface area contributed by atoms with Crippen LogP contribution in [-0.2, 0) is 25.5 Å². The molecule has 1 aliphatic heterocycles. The molecule has 1 aromatic heterocycles. The van der Waals surface area contributed by atoms with Crippen LogP contribution >= 0.6 is 27.3 Å². The molecule has 2 N–H and O–H groups in total. The minimum atomic E-state index is -1.95. The van der Waals surface area contributed by atoms with Crippen LogP contribution in [0.5, 0.6) is 0 Å². The number of ketones is 1. The third-order valence-corrected chi connectivity index (χ3v) is 12.1. The van der Waals surface area contributed by atoms with Crippen LogP contribution in [0.4, 0.5) is 4.39 Å². The smallest absolute Gasteiger partial charge is 0.193 e. The number of allylic oxidation sites excluding steroid dienone is 4. The Kier molecular flexibility index (Phi) is 6.84. The Morgan fingerprint density at radius 1 is 1.27 bits per heavy atom. The molecule has 4 fully saturated rings. The first kappa shape index (κ1) is 28.7. The van der Waals surface area contributed by atoms with E-state index in [1.54, 1.807) is 31.3 Å². The van der Waals surface area contributed by atoms with Gasteiger partial charge in [0, 0.05) is 28.0 Å². The number of halogens is 2. The van der Waals surface area contributed by atoms with E-state index in [-0.39, 0.29) is 12.3 Å². The third-order valence-electron chi connectivity index (χ3n) is 10.4. The van der Waals surface area contributed by atoms with Crippen molar-refractivity contribution < 1.29 is 33.7 Å². The summed E-state index contributed by atoms with van der Waals surface area (Å²) in [5, 5.41) is 25.9. The van der Waals surface area contributed by atoms with Crippen LogP contribution in [-0.4, -0.2) is 64.2 Å². The summed E-state index contributed by atoms with van der Waals surface area (Å²) < 4.78 is 31.3. The van der Waals surface area contributed by atoms with Gasteiger partial charge in [-0.3, -0.25) is 4.79 Å².